The van der Waals surface area contributed by atoms with E-state index < -0.39 is 0 Å². The minimum absolute atomic E-state index is 0.527. The lowest BCUT2D eigenvalue weighted by Gasteiger charge is -2.09. The average Bonchev–Trinajstić information content (AvgIpc) is 2.79. The lowest BCUT2D eigenvalue weighted by Crippen LogP contribution is -2.21. The quantitative estimate of drug-likeness (QED) is 0.583. The van der Waals surface area contributed by atoms with Crippen LogP contribution >= 0.6 is 0 Å². The van der Waals surface area contributed by atoms with Crippen molar-refractivity contribution in [1.82, 2.24) is 9.88 Å². The van der Waals surface area contributed by atoms with E-state index in [2.05, 4.69) is 60.8 Å². The van der Waals surface area contributed by atoms with Crippen molar-refractivity contribution in [3.63, 3.8) is 0 Å². The highest BCUT2D eigenvalue weighted by molar-refractivity contribution is 5.80. The Morgan fingerprint density at radius 2 is 2.16 bits per heavy atom. The molecule has 1 aromatic carbocycles. The topological polar surface area (TPSA) is 17.0 Å². The van der Waals surface area contributed by atoms with Gasteiger partial charge in [0.2, 0.25) is 0 Å². The van der Waals surface area contributed by atoms with Crippen molar-refractivity contribution in [3.8, 4) is 0 Å². The predicted octanol–water partition coefficient (Wildman–Crippen LogP) is 4.11. The maximum atomic E-state index is 3.77. The van der Waals surface area contributed by atoms with Crippen LogP contribution in [0.5, 0.6) is 0 Å². The van der Waals surface area contributed by atoms with Crippen molar-refractivity contribution in [1.29, 1.82) is 0 Å². The lowest BCUT2D eigenvalue weighted by atomic mass is 10.1. The molecular weight excluding hydrogens is 232 g/mol. The summed E-state index contributed by atoms with van der Waals surface area (Å²) >= 11 is 0. The van der Waals surface area contributed by atoms with Crippen LogP contribution in [0.25, 0.3) is 10.9 Å². The molecule has 2 heteroatoms. The van der Waals surface area contributed by atoms with Crippen molar-refractivity contribution in [2.75, 3.05) is 0 Å². The third kappa shape index (κ3) is 3.71. The maximum Gasteiger partial charge on any atom is 0.0480 e. The van der Waals surface area contributed by atoms with Gasteiger partial charge in [0, 0.05) is 30.8 Å². The zero-order valence-corrected chi connectivity index (χ0v) is 12.0. The van der Waals surface area contributed by atoms with Crippen LogP contribution in [0.4, 0.5) is 0 Å². The zero-order chi connectivity index (χ0) is 13.7. The standard InChI is InChI=1S/C17H24N2/c1-4-5-6-10-19-11-9-16-12-15(7-8-17(16)19)13-18-14(2)3/h4,7-9,11-12,14,18H,1,5-6,10,13H2,2-3H3. The molecule has 0 aliphatic heterocycles. The number of aromatic nitrogens is 1. The van der Waals surface area contributed by atoms with Crippen LogP contribution in [0.1, 0.15) is 32.3 Å². The van der Waals surface area contributed by atoms with E-state index in [4.69, 9.17) is 0 Å². The molecule has 2 aromatic rings. The summed E-state index contributed by atoms with van der Waals surface area (Å²) in [6, 6.07) is 9.48. The molecule has 0 bridgehead atoms. The van der Waals surface area contributed by atoms with E-state index in [0.29, 0.717) is 6.04 Å². The van der Waals surface area contributed by atoms with Gasteiger partial charge in [-0.1, -0.05) is 26.0 Å². The van der Waals surface area contributed by atoms with Gasteiger partial charge in [0.15, 0.2) is 0 Å². The van der Waals surface area contributed by atoms with Crippen LogP contribution in [0.2, 0.25) is 0 Å². The van der Waals surface area contributed by atoms with Crippen LogP contribution in [-0.2, 0) is 13.1 Å². The lowest BCUT2D eigenvalue weighted by molar-refractivity contribution is 0.589. The van der Waals surface area contributed by atoms with Crippen molar-refractivity contribution in [2.45, 2.75) is 45.8 Å². The fourth-order valence-electron chi connectivity index (χ4n) is 2.28. The number of nitrogens with one attached hydrogen (secondary N) is 1. The molecule has 0 saturated carbocycles. The smallest absolute Gasteiger partial charge is 0.0480 e. The van der Waals surface area contributed by atoms with Gasteiger partial charge in [0.05, 0.1) is 0 Å². The van der Waals surface area contributed by atoms with Crippen molar-refractivity contribution in [2.24, 2.45) is 0 Å². The third-order valence-corrected chi connectivity index (χ3v) is 3.36. The van der Waals surface area contributed by atoms with Gasteiger partial charge in [-0.15, -0.1) is 6.58 Å². The highest BCUT2D eigenvalue weighted by Crippen LogP contribution is 2.18. The zero-order valence-electron chi connectivity index (χ0n) is 12.0. The second-order valence-electron chi connectivity index (χ2n) is 5.37. The second-order valence-corrected chi connectivity index (χ2v) is 5.37. The van der Waals surface area contributed by atoms with Crippen LogP contribution in [0, 0.1) is 0 Å². The molecule has 0 atom stereocenters. The SMILES string of the molecule is C=CCCCn1ccc2cc(CNC(C)C)ccc21. The van der Waals surface area contributed by atoms with E-state index in [1.807, 2.05) is 6.08 Å². The highest BCUT2D eigenvalue weighted by atomic mass is 14.9. The van der Waals surface area contributed by atoms with Gasteiger partial charge >= 0.3 is 0 Å². The molecule has 0 saturated heterocycles. The molecule has 0 amide bonds. The monoisotopic (exact) mass is 256 g/mol. The highest BCUT2D eigenvalue weighted by Gasteiger charge is 2.02. The van der Waals surface area contributed by atoms with Crippen molar-refractivity contribution < 1.29 is 0 Å². The molecule has 1 heterocycles. The normalized spacial score (nSPS) is 11.3. The Morgan fingerprint density at radius 1 is 1.32 bits per heavy atom. The van der Waals surface area contributed by atoms with Gasteiger partial charge in [0.25, 0.3) is 0 Å². The molecule has 0 aliphatic rings. The van der Waals surface area contributed by atoms with E-state index in [-0.39, 0.29) is 0 Å². The van der Waals surface area contributed by atoms with Gasteiger partial charge in [-0.25, -0.2) is 0 Å². The van der Waals surface area contributed by atoms with Gasteiger partial charge in [-0.05, 0) is 42.0 Å². The predicted molar refractivity (Wildman–Crippen MR) is 83.3 cm³/mol. The minimum Gasteiger partial charge on any atom is -0.347 e. The summed E-state index contributed by atoms with van der Waals surface area (Å²) in [7, 11) is 0. The Balaban J connectivity index is 2.10. The van der Waals surface area contributed by atoms with E-state index in [9.17, 15) is 0 Å². The van der Waals surface area contributed by atoms with Gasteiger partial charge in [-0.2, -0.15) is 0 Å². The number of fused-ring (bicyclic) bond motifs is 1. The van der Waals surface area contributed by atoms with E-state index >= 15 is 0 Å². The van der Waals surface area contributed by atoms with Crippen LogP contribution < -0.4 is 5.32 Å². The molecule has 0 spiro atoms. The Morgan fingerprint density at radius 3 is 2.89 bits per heavy atom. The molecule has 0 radical (unpaired) electrons. The van der Waals surface area contributed by atoms with E-state index in [0.717, 1.165) is 25.9 Å². The summed E-state index contributed by atoms with van der Waals surface area (Å²) in [6.45, 7) is 10.1. The molecule has 0 aliphatic carbocycles. The Kier molecular flexibility index (Phi) is 4.80. The molecule has 2 nitrogen and oxygen atoms in total. The Hall–Kier alpha value is -1.54. The molecule has 0 unspecified atom stereocenters. The summed E-state index contributed by atoms with van der Waals surface area (Å²) in [5.41, 5.74) is 2.68. The fourth-order valence-corrected chi connectivity index (χ4v) is 2.28. The average molecular weight is 256 g/mol. The van der Waals surface area contributed by atoms with E-state index in [1.165, 1.54) is 16.5 Å². The molecule has 0 fully saturated rings. The number of rotatable bonds is 7. The van der Waals surface area contributed by atoms with Crippen LogP contribution in [0.15, 0.2) is 43.1 Å². The molecule has 1 aromatic heterocycles. The Bertz CT molecular complexity index is 537. The molecule has 19 heavy (non-hydrogen) atoms. The summed E-state index contributed by atoms with van der Waals surface area (Å²) in [5.74, 6) is 0. The first kappa shape index (κ1) is 13.9. The number of benzene rings is 1. The van der Waals surface area contributed by atoms with E-state index in [1.54, 1.807) is 0 Å². The molecule has 102 valence electrons. The largest absolute Gasteiger partial charge is 0.347 e. The number of hydrogen-bond donors (Lipinski definition) is 1. The van der Waals surface area contributed by atoms with Gasteiger partial charge < -0.3 is 9.88 Å². The Labute approximate surface area is 116 Å². The second kappa shape index (κ2) is 6.58. The van der Waals surface area contributed by atoms with Gasteiger partial charge in [0.1, 0.15) is 0 Å². The molecular formula is C17H24N2. The number of nitrogens with zero attached hydrogens (tertiary/aromatic N) is 1. The molecule has 2 rings (SSSR count). The first-order valence-electron chi connectivity index (χ1n) is 7.13. The number of allylic oxidation sites excluding steroid dienone is 1. The number of unbranched alkanes of at least 4 members (excludes halogenated alkanes) is 1. The summed E-state index contributed by atoms with van der Waals surface area (Å²) < 4.78 is 2.33. The molecule has 1 N–H and O–H groups in total. The van der Waals surface area contributed by atoms with Crippen molar-refractivity contribution in [3.05, 3.63) is 48.7 Å². The first-order chi connectivity index (χ1) is 9.20. The van der Waals surface area contributed by atoms with Gasteiger partial charge in [-0.3, -0.25) is 0 Å². The maximum absolute atomic E-state index is 3.77. The van der Waals surface area contributed by atoms with Crippen LogP contribution in [-0.4, -0.2) is 10.6 Å². The van der Waals surface area contributed by atoms with Crippen LogP contribution in [0.3, 0.4) is 0 Å². The third-order valence-electron chi connectivity index (χ3n) is 3.36. The summed E-state index contributed by atoms with van der Waals surface area (Å²) in [5, 5.41) is 4.79. The number of hydrogen-bond acceptors (Lipinski definition) is 1. The van der Waals surface area contributed by atoms with Crippen molar-refractivity contribution >= 4 is 10.9 Å². The summed E-state index contributed by atoms with van der Waals surface area (Å²) in [4.78, 5) is 0. The summed E-state index contributed by atoms with van der Waals surface area (Å²) in [6.07, 6.45) is 6.41. The first-order valence-corrected chi connectivity index (χ1v) is 7.13. The minimum atomic E-state index is 0.527. The fraction of sp³-hybridized carbons (Fsp3) is 0.412. The number of aryl methyl sites for hydroxylation is 1.